The Morgan fingerprint density at radius 2 is 1.94 bits per heavy atom. The molecule has 1 aliphatic heterocycles. The van der Waals surface area contributed by atoms with Gasteiger partial charge in [-0.05, 0) is 18.9 Å². The van der Waals surface area contributed by atoms with Gasteiger partial charge in [-0.15, -0.1) is 0 Å². The number of rotatable bonds is 2. The number of benzene rings is 1. The molecule has 1 aromatic carbocycles. The van der Waals surface area contributed by atoms with E-state index in [1.807, 2.05) is 24.3 Å². The van der Waals surface area contributed by atoms with Crippen molar-refractivity contribution in [3.8, 4) is 5.75 Å². The van der Waals surface area contributed by atoms with Crippen molar-refractivity contribution in [2.24, 2.45) is 0 Å². The van der Waals surface area contributed by atoms with Crippen molar-refractivity contribution in [2.75, 3.05) is 0 Å². The lowest BCUT2D eigenvalue weighted by atomic mass is 9.85. The molecule has 3 heteroatoms. The van der Waals surface area contributed by atoms with Gasteiger partial charge in [0.25, 0.3) is 0 Å². The van der Waals surface area contributed by atoms with Gasteiger partial charge in [-0.3, -0.25) is 0 Å². The van der Waals surface area contributed by atoms with Crippen LogP contribution in [0.2, 0.25) is 0 Å². The number of alkyl halides is 1. The SMILES string of the molecule is CCC1(CC)Oc2ccccc2[C@H](O)[C@H]1Br. The van der Waals surface area contributed by atoms with Crippen molar-refractivity contribution in [3.05, 3.63) is 29.8 Å². The predicted octanol–water partition coefficient (Wildman–Crippen LogP) is 3.43. The Hall–Kier alpha value is -0.540. The van der Waals surface area contributed by atoms with E-state index < -0.39 is 6.10 Å². The largest absolute Gasteiger partial charge is 0.486 e. The molecule has 1 heterocycles. The fraction of sp³-hybridized carbons (Fsp3) is 0.538. The molecule has 0 amide bonds. The minimum absolute atomic E-state index is 0.0510. The van der Waals surface area contributed by atoms with E-state index in [2.05, 4.69) is 29.8 Å². The highest BCUT2D eigenvalue weighted by Gasteiger charge is 2.45. The maximum absolute atomic E-state index is 10.3. The van der Waals surface area contributed by atoms with Gasteiger partial charge in [-0.1, -0.05) is 48.0 Å². The summed E-state index contributed by atoms with van der Waals surface area (Å²) in [5.74, 6) is 0.814. The number of para-hydroxylation sites is 1. The van der Waals surface area contributed by atoms with Crippen molar-refractivity contribution in [1.82, 2.24) is 0 Å². The number of hydrogen-bond acceptors (Lipinski definition) is 2. The van der Waals surface area contributed by atoms with Crippen molar-refractivity contribution in [1.29, 1.82) is 0 Å². The first-order valence-corrected chi connectivity index (χ1v) is 6.66. The molecule has 0 radical (unpaired) electrons. The first kappa shape index (κ1) is 11.9. The molecule has 0 aromatic heterocycles. The molecular weight excluding hydrogens is 268 g/mol. The second kappa shape index (κ2) is 4.38. The zero-order valence-corrected chi connectivity index (χ0v) is 11.2. The normalized spacial score (nSPS) is 27.0. The Balaban J connectivity index is 2.46. The molecule has 0 saturated carbocycles. The molecule has 1 aromatic rings. The first-order valence-electron chi connectivity index (χ1n) is 5.74. The maximum Gasteiger partial charge on any atom is 0.126 e. The lowest BCUT2D eigenvalue weighted by Crippen LogP contribution is -2.49. The highest BCUT2D eigenvalue weighted by Crippen LogP contribution is 2.46. The standard InChI is InChI=1S/C13H17BrO2/c1-3-13(4-2)12(14)11(15)9-7-5-6-8-10(9)16-13/h5-8,11-12,15H,3-4H2,1-2H3/t11-,12+/m0/s1. The van der Waals surface area contributed by atoms with Gasteiger partial charge in [0, 0.05) is 5.56 Å². The predicted molar refractivity (Wildman–Crippen MR) is 68.1 cm³/mol. The molecule has 0 saturated heterocycles. The van der Waals surface area contributed by atoms with Crippen LogP contribution in [0.15, 0.2) is 24.3 Å². The third-order valence-corrected chi connectivity index (χ3v) is 4.86. The van der Waals surface area contributed by atoms with E-state index in [1.54, 1.807) is 0 Å². The zero-order chi connectivity index (χ0) is 11.8. The molecule has 0 aliphatic carbocycles. The van der Waals surface area contributed by atoms with E-state index in [-0.39, 0.29) is 10.4 Å². The summed E-state index contributed by atoms with van der Waals surface area (Å²) in [4.78, 5) is -0.0510. The molecule has 0 fully saturated rings. The van der Waals surface area contributed by atoms with Crippen molar-refractivity contribution >= 4 is 15.9 Å². The van der Waals surface area contributed by atoms with Gasteiger partial charge >= 0.3 is 0 Å². The van der Waals surface area contributed by atoms with Gasteiger partial charge in [0.1, 0.15) is 11.4 Å². The van der Waals surface area contributed by atoms with Gasteiger partial charge in [-0.2, -0.15) is 0 Å². The maximum atomic E-state index is 10.3. The minimum Gasteiger partial charge on any atom is -0.486 e. The smallest absolute Gasteiger partial charge is 0.126 e. The quantitative estimate of drug-likeness (QED) is 0.843. The Labute approximate surface area is 105 Å². The Morgan fingerprint density at radius 3 is 2.56 bits per heavy atom. The van der Waals surface area contributed by atoms with Gasteiger partial charge in [0.15, 0.2) is 0 Å². The summed E-state index contributed by atoms with van der Waals surface area (Å²) in [6, 6.07) is 7.72. The van der Waals surface area contributed by atoms with Crippen LogP contribution in [0.25, 0.3) is 0 Å². The van der Waals surface area contributed by atoms with Gasteiger partial charge in [-0.25, -0.2) is 0 Å². The van der Waals surface area contributed by atoms with Crippen LogP contribution in [0.3, 0.4) is 0 Å². The summed E-state index contributed by atoms with van der Waals surface area (Å²) in [7, 11) is 0. The van der Waals surface area contributed by atoms with E-state index in [9.17, 15) is 5.11 Å². The molecule has 0 spiro atoms. The number of aliphatic hydroxyl groups excluding tert-OH is 1. The molecule has 16 heavy (non-hydrogen) atoms. The lowest BCUT2D eigenvalue weighted by Gasteiger charge is -2.44. The summed E-state index contributed by atoms with van der Waals surface area (Å²) < 4.78 is 6.09. The molecular formula is C13H17BrO2. The van der Waals surface area contributed by atoms with E-state index in [1.165, 1.54) is 0 Å². The Morgan fingerprint density at radius 1 is 1.31 bits per heavy atom. The monoisotopic (exact) mass is 284 g/mol. The number of ether oxygens (including phenoxy) is 1. The fourth-order valence-electron chi connectivity index (χ4n) is 2.32. The Kier molecular flexibility index (Phi) is 3.27. The van der Waals surface area contributed by atoms with Crippen LogP contribution in [0.1, 0.15) is 38.4 Å². The van der Waals surface area contributed by atoms with E-state index in [0.717, 1.165) is 24.2 Å². The number of hydrogen-bond donors (Lipinski definition) is 1. The van der Waals surface area contributed by atoms with Crippen molar-refractivity contribution in [2.45, 2.75) is 43.2 Å². The van der Waals surface area contributed by atoms with Crippen LogP contribution < -0.4 is 4.74 Å². The van der Waals surface area contributed by atoms with Crippen molar-refractivity contribution < 1.29 is 9.84 Å². The van der Waals surface area contributed by atoms with Crippen LogP contribution in [0, 0.1) is 0 Å². The molecule has 1 aliphatic rings. The summed E-state index contributed by atoms with van der Waals surface area (Å²) in [6.45, 7) is 4.19. The molecule has 88 valence electrons. The average molecular weight is 285 g/mol. The van der Waals surface area contributed by atoms with Gasteiger partial charge in [0.2, 0.25) is 0 Å². The van der Waals surface area contributed by atoms with E-state index in [4.69, 9.17) is 4.74 Å². The lowest BCUT2D eigenvalue weighted by molar-refractivity contribution is -0.00898. The second-order valence-corrected chi connectivity index (χ2v) is 5.24. The molecule has 0 unspecified atom stereocenters. The summed E-state index contributed by atoms with van der Waals surface area (Å²) >= 11 is 3.59. The molecule has 0 bridgehead atoms. The summed E-state index contributed by atoms with van der Waals surface area (Å²) in [5, 5.41) is 10.3. The van der Waals surface area contributed by atoms with Crippen LogP contribution in [0.4, 0.5) is 0 Å². The van der Waals surface area contributed by atoms with Gasteiger partial charge < -0.3 is 9.84 Å². The first-order chi connectivity index (χ1) is 7.64. The third kappa shape index (κ3) is 1.66. The Bertz CT molecular complexity index is 374. The van der Waals surface area contributed by atoms with Crippen LogP contribution >= 0.6 is 15.9 Å². The average Bonchev–Trinajstić information content (AvgIpc) is 2.34. The van der Waals surface area contributed by atoms with Crippen molar-refractivity contribution in [3.63, 3.8) is 0 Å². The third-order valence-electron chi connectivity index (χ3n) is 3.53. The highest BCUT2D eigenvalue weighted by atomic mass is 79.9. The molecule has 2 atom stereocenters. The molecule has 1 N–H and O–H groups in total. The number of halogens is 1. The molecule has 2 rings (SSSR count). The minimum atomic E-state index is -0.496. The van der Waals surface area contributed by atoms with Crippen LogP contribution in [0.5, 0.6) is 5.75 Å². The topological polar surface area (TPSA) is 29.5 Å². The van der Waals surface area contributed by atoms with Crippen LogP contribution in [-0.2, 0) is 0 Å². The van der Waals surface area contributed by atoms with Gasteiger partial charge in [0.05, 0.1) is 10.9 Å². The van der Waals surface area contributed by atoms with E-state index in [0.29, 0.717) is 0 Å². The number of aliphatic hydroxyl groups is 1. The fourth-order valence-corrected chi connectivity index (χ4v) is 3.35. The van der Waals surface area contributed by atoms with E-state index >= 15 is 0 Å². The zero-order valence-electron chi connectivity index (χ0n) is 9.61. The second-order valence-electron chi connectivity index (χ2n) is 4.26. The number of fused-ring (bicyclic) bond motifs is 1. The summed E-state index contributed by atoms with van der Waals surface area (Å²) in [5.41, 5.74) is 0.579. The molecule has 2 nitrogen and oxygen atoms in total. The summed E-state index contributed by atoms with van der Waals surface area (Å²) in [6.07, 6.45) is 1.26. The van der Waals surface area contributed by atoms with Crippen LogP contribution in [-0.4, -0.2) is 15.5 Å². The highest BCUT2D eigenvalue weighted by molar-refractivity contribution is 9.09.